The van der Waals surface area contributed by atoms with Crippen molar-refractivity contribution in [1.82, 2.24) is 0 Å². The molecule has 0 bridgehead atoms. The van der Waals surface area contributed by atoms with E-state index in [0.717, 1.165) is 11.1 Å². The molecule has 3 heteroatoms. The van der Waals surface area contributed by atoms with Gasteiger partial charge in [0, 0.05) is 11.6 Å². The summed E-state index contributed by atoms with van der Waals surface area (Å²) in [5.74, 6) is 0.584. The van der Waals surface area contributed by atoms with Gasteiger partial charge in [0.05, 0.1) is 0 Å². The van der Waals surface area contributed by atoms with Gasteiger partial charge < -0.3 is 4.74 Å². The van der Waals surface area contributed by atoms with Crippen molar-refractivity contribution in [1.29, 1.82) is 0 Å². The Kier molecular flexibility index (Phi) is 3.28. The van der Waals surface area contributed by atoms with E-state index in [9.17, 15) is 4.79 Å². The third-order valence-electron chi connectivity index (χ3n) is 3.37. The summed E-state index contributed by atoms with van der Waals surface area (Å²) in [5, 5.41) is 4.06. The van der Waals surface area contributed by atoms with Crippen LogP contribution in [0.2, 0.25) is 0 Å². The number of carbonyl (C=O) groups excluding carboxylic acids is 1. The van der Waals surface area contributed by atoms with Gasteiger partial charge in [-0.15, -0.1) is 0 Å². The van der Waals surface area contributed by atoms with Gasteiger partial charge in [-0.25, -0.2) is 0 Å². The fourth-order valence-corrected chi connectivity index (χ4v) is 2.80. The van der Waals surface area contributed by atoms with Crippen molar-refractivity contribution in [2.24, 2.45) is 0 Å². The second kappa shape index (κ2) is 5.10. The molecule has 3 rings (SSSR count). The summed E-state index contributed by atoms with van der Waals surface area (Å²) in [6.45, 7) is 1.81. The van der Waals surface area contributed by atoms with Crippen molar-refractivity contribution in [2.45, 2.75) is 12.5 Å². The molecular formula is C17H14O2S. The van der Waals surface area contributed by atoms with Crippen molar-refractivity contribution in [3.05, 3.63) is 76.2 Å². The van der Waals surface area contributed by atoms with Gasteiger partial charge in [0.25, 0.3) is 0 Å². The van der Waals surface area contributed by atoms with Crippen LogP contribution in [0.15, 0.2) is 65.1 Å². The lowest BCUT2D eigenvalue weighted by Gasteiger charge is -2.23. The predicted molar refractivity (Wildman–Crippen MR) is 81.3 cm³/mol. The number of benzene rings is 1. The van der Waals surface area contributed by atoms with Crippen LogP contribution in [-0.2, 0) is 15.1 Å². The van der Waals surface area contributed by atoms with Crippen LogP contribution in [0, 0.1) is 0 Å². The first kappa shape index (κ1) is 12.9. The topological polar surface area (TPSA) is 26.3 Å². The highest BCUT2D eigenvalue weighted by Crippen LogP contribution is 2.35. The Hall–Kier alpha value is -2.13. The zero-order chi connectivity index (χ0) is 14.0. The molecular weight excluding hydrogens is 268 g/mol. The van der Waals surface area contributed by atoms with Gasteiger partial charge in [-0.1, -0.05) is 36.4 Å². The van der Waals surface area contributed by atoms with Gasteiger partial charge in [-0.3, -0.25) is 4.79 Å². The minimum Gasteiger partial charge on any atom is -0.475 e. The molecule has 2 heterocycles. The lowest BCUT2D eigenvalue weighted by Crippen LogP contribution is -2.29. The molecule has 0 saturated heterocycles. The van der Waals surface area contributed by atoms with E-state index < -0.39 is 5.60 Å². The average Bonchev–Trinajstić information content (AvgIpc) is 3.07. The van der Waals surface area contributed by atoms with Crippen LogP contribution in [0.5, 0.6) is 0 Å². The smallest absolute Gasteiger partial charge is 0.207 e. The zero-order valence-corrected chi connectivity index (χ0v) is 11.9. The zero-order valence-electron chi connectivity index (χ0n) is 11.1. The molecule has 1 aliphatic heterocycles. The minimum absolute atomic E-state index is 0.0198. The van der Waals surface area contributed by atoms with E-state index in [0.29, 0.717) is 5.76 Å². The molecule has 100 valence electrons. The van der Waals surface area contributed by atoms with Crippen LogP contribution >= 0.6 is 11.3 Å². The van der Waals surface area contributed by atoms with Crippen molar-refractivity contribution >= 4 is 23.2 Å². The second-order valence-corrected chi connectivity index (χ2v) is 5.58. The molecule has 2 nitrogen and oxygen atoms in total. The fraction of sp³-hybridized carbons (Fsp3) is 0.118. The summed E-state index contributed by atoms with van der Waals surface area (Å²) in [4.78, 5) is 12.2. The molecule has 0 radical (unpaired) electrons. The van der Waals surface area contributed by atoms with Crippen LogP contribution in [0.3, 0.4) is 0 Å². The maximum Gasteiger partial charge on any atom is 0.207 e. The Morgan fingerprint density at radius 1 is 1.15 bits per heavy atom. The van der Waals surface area contributed by atoms with Gasteiger partial charge in [-0.05, 0) is 35.4 Å². The Labute approximate surface area is 122 Å². The second-order valence-electron chi connectivity index (χ2n) is 4.80. The SMILES string of the molecule is CC1(c2ccccc2)OC(C=Cc2ccsc2)=CC1=O. The highest BCUT2D eigenvalue weighted by molar-refractivity contribution is 7.08. The molecule has 2 aromatic rings. The largest absolute Gasteiger partial charge is 0.475 e. The van der Waals surface area contributed by atoms with Crippen molar-refractivity contribution < 1.29 is 9.53 Å². The molecule has 0 saturated carbocycles. The third-order valence-corrected chi connectivity index (χ3v) is 4.07. The standard InChI is InChI=1S/C17H14O2S/c1-17(14-5-3-2-4-6-14)16(18)11-15(19-17)8-7-13-9-10-20-12-13/h2-12H,1H3. The van der Waals surface area contributed by atoms with Gasteiger partial charge >= 0.3 is 0 Å². The summed E-state index contributed by atoms with van der Waals surface area (Å²) >= 11 is 1.64. The summed E-state index contributed by atoms with van der Waals surface area (Å²) in [5.41, 5.74) is 1.08. The molecule has 1 aromatic heterocycles. The first-order chi connectivity index (χ1) is 9.68. The average molecular weight is 282 g/mol. The number of thiophene rings is 1. The maximum absolute atomic E-state index is 12.2. The van der Waals surface area contributed by atoms with E-state index in [-0.39, 0.29) is 5.78 Å². The molecule has 1 aromatic carbocycles. The van der Waals surface area contributed by atoms with Gasteiger partial charge in [0.15, 0.2) is 5.60 Å². The van der Waals surface area contributed by atoms with Crippen molar-refractivity contribution in [2.75, 3.05) is 0 Å². The Morgan fingerprint density at radius 2 is 1.95 bits per heavy atom. The normalized spacial score (nSPS) is 22.1. The van der Waals surface area contributed by atoms with E-state index in [1.165, 1.54) is 0 Å². The summed E-state index contributed by atoms with van der Waals surface area (Å²) in [6.07, 6.45) is 5.36. The Bertz CT molecular complexity index is 668. The van der Waals surface area contributed by atoms with Crippen LogP contribution in [0.4, 0.5) is 0 Å². The number of rotatable bonds is 3. The minimum atomic E-state index is -0.907. The highest BCUT2D eigenvalue weighted by Gasteiger charge is 2.40. The molecule has 0 fully saturated rings. The molecule has 0 spiro atoms. The first-order valence-corrected chi connectivity index (χ1v) is 7.34. The number of ketones is 1. The third kappa shape index (κ3) is 2.32. The summed E-state index contributed by atoms with van der Waals surface area (Å²) in [7, 11) is 0. The van der Waals surface area contributed by atoms with Gasteiger partial charge in [0.2, 0.25) is 5.78 Å². The predicted octanol–water partition coefficient (Wildman–Crippen LogP) is 4.16. The maximum atomic E-state index is 12.2. The molecule has 0 aliphatic carbocycles. The molecule has 1 aliphatic rings. The lowest BCUT2D eigenvalue weighted by molar-refractivity contribution is -0.129. The highest BCUT2D eigenvalue weighted by atomic mass is 32.1. The van der Waals surface area contributed by atoms with Gasteiger partial charge in [0.1, 0.15) is 5.76 Å². The van der Waals surface area contributed by atoms with Gasteiger partial charge in [-0.2, -0.15) is 11.3 Å². The first-order valence-electron chi connectivity index (χ1n) is 6.39. The van der Waals surface area contributed by atoms with Crippen LogP contribution in [0.25, 0.3) is 6.08 Å². The number of carbonyl (C=O) groups is 1. The van der Waals surface area contributed by atoms with Crippen LogP contribution in [0.1, 0.15) is 18.1 Å². The molecule has 20 heavy (non-hydrogen) atoms. The summed E-state index contributed by atoms with van der Waals surface area (Å²) < 4.78 is 5.87. The Balaban J connectivity index is 1.82. The Morgan fingerprint density at radius 3 is 2.65 bits per heavy atom. The quantitative estimate of drug-likeness (QED) is 0.845. The van der Waals surface area contributed by atoms with E-state index in [1.54, 1.807) is 17.4 Å². The number of allylic oxidation sites excluding steroid dienone is 1. The van der Waals surface area contributed by atoms with Crippen molar-refractivity contribution in [3.63, 3.8) is 0 Å². The number of hydrogen-bond donors (Lipinski definition) is 0. The number of ether oxygens (including phenoxy) is 1. The fourth-order valence-electron chi connectivity index (χ4n) is 2.17. The monoisotopic (exact) mass is 282 g/mol. The van der Waals surface area contributed by atoms with Crippen LogP contribution < -0.4 is 0 Å². The molecule has 1 atom stereocenters. The van der Waals surface area contributed by atoms with E-state index >= 15 is 0 Å². The molecule has 0 amide bonds. The molecule has 0 N–H and O–H groups in total. The molecule has 1 unspecified atom stereocenters. The van der Waals surface area contributed by atoms with Crippen LogP contribution in [-0.4, -0.2) is 5.78 Å². The summed E-state index contributed by atoms with van der Waals surface area (Å²) in [6, 6.07) is 11.6. The van der Waals surface area contributed by atoms with E-state index in [2.05, 4.69) is 0 Å². The lowest BCUT2D eigenvalue weighted by atomic mass is 9.92. The van der Waals surface area contributed by atoms with E-state index in [4.69, 9.17) is 4.74 Å². The number of hydrogen-bond acceptors (Lipinski definition) is 3. The van der Waals surface area contributed by atoms with E-state index in [1.807, 2.05) is 66.2 Å². The van der Waals surface area contributed by atoms with Crippen molar-refractivity contribution in [3.8, 4) is 0 Å².